The van der Waals surface area contributed by atoms with E-state index in [1.807, 2.05) is 24.3 Å². The number of anilines is 2. The molecule has 1 aromatic heterocycles. The Morgan fingerprint density at radius 2 is 2.13 bits per heavy atom. The van der Waals surface area contributed by atoms with Gasteiger partial charge in [-0.25, -0.2) is 0 Å². The Hall–Kier alpha value is -2.17. The number of nitrogen functional groups attached to an aromatic ring is 2. The van der Waals surface area contributed by atoms with Crippen molar-refractivity contribution in [2.24, 2.45) is 5.73 Å². The van der Waals surface area contributed by atoms with Crippen LogP contribution in [0.15, 0.2) is 30.5 Å². The molecule has 0 saturated heterocycles. The predicted octanol–water partition coefficient (Wildman–Crippen LogP) is 0.673. The summed E-state index contributed by atoms with van der Waals surface area (Å²) in [5.41, 5.74) is 18.4. The lowest BCUT2D eigenvalue weighted by Gasteiger charge is -1.98. The second-order valence-corrected chi connectivity index (χ2v) is 3.27. The van der Waals surface area contributed by atoms with Gasteiger partial charge in [-0.1, -0.05) is 0 Å². The number of hydrogen-bond donors (Lipinski definition) is 3. The number of allylic oxidation sites excluding steroid dienone is 1. The number of nitrogens with zero attached hydrogens (tertiary/aromatic N) is 2. The maximum Gasteiger partial charge on any atom is 0.153 e. The number of hydrogen-bond acceptors (Lipinski definition) is 4. The van der Waals surface area contributed by atoms with Crippen LogP contribution in [0.5, 0.6) is 0 Å². The molecule has 0 fully saturated rings. The van der Waals surface area contributed by atoms with Gasteiger partial charge in [0, 0.05) is 11.1 Å². The van der Waals surface area contributed by atoms with Crippen LogP contribution in [0.4, 0.5) is 11.5 Å². The molecule has 0 saturated carbocycles. The third-order valence-electron chi connectivity index (χ3n) is 2.22. The normalized spacial score (nSPS) is 11.5. The Kier molecular flexibility index (Phi) is 2.21. The minimum Gasteiger partial charge on any atom is -0.405 e. The Morgan fingerprint density at radius 3 is 2.87 bits per heavy atom. The first-order valence-corrected chi connectivity index (χ1v) is 4.60. The first-order chi connectivity index (χ1) is 7.22. The van der Waals surface area contributed by atoms with E-state index in [1.165, 1.54) is 6.20 Å². The molecular formula is C10H13N5. The fourth-order valence-electron chi connectivity index (χ4n) is 1.52. The smallest absolute Gasteiger partial charge is 0.153 e. The lowest BCUT2D eigenvalue weighted by atomic mass is 10.2. The van der Waals surface area contributed by atoms with E-state index in [9.17, 15) is 0 Å². The molecule has 0 atom stereocenters. The molecule has 0 radical (unpaired) electrons. The minimum absolute atomic E-state index is 0.489. The summed E-state index contributed by atoms with van der Waals surface area (Å²) in [6.45, 7) is 0.605. The van der Waals surface area contributed by atoms with Crippen LogP contribution < -0.4 is 17.2 Å². The summed E-state index contributed by atoms with van der Waals surface area (Å²) in [5, 5.41) is 5.08. The molecule has 78 valence electrons. The maximum atomic E-state index is 5.77. The molecule has 6 N–H and O–H groups in total. The molecule has 5 nitrogen and oxygen atoms in total. The highest BCUT2D eigenvalue weighted by Gasteiger charge is 2.06. The standard InChI is InChI=1S/C10H13N5/c11-4-1-5-15-9-3-2-7(12)6-8(9)10(13)14-15/h1-4,6H,5,11-12H2,(H2,13,14). The average Bonchev–Trinajstić information content (AvgIpc) is 2.53. The van der Waals surface area contributed by atoms with E-state index >= 15 is 0 Å². The summed E-state index contributed by atoms with van der Waals surface area (Å²) in [6, 6.07) is 5.55. The lowest BCUT2D eigenvalue weighted by Crippen LogP contribution is -1.98. The molecule has 2 rings (SSSR count). The fraction of sp³-hybridized carbons (Fsp3) is 0.100. The van der Waals surface area contributed by atoms with Crippen molar-refractivity contribution in [1.82, 2.24) is 9.78 Å². The molecule has 0 aliphatic carbocycles. The minimum atomic E-state index is 0.489. The van der Waals surface area contributed by atoms with Crippen LogP contribution in [0.1, 0.15) is 0 Å². The van der Waals surface area contributed by atoms with Crippen LogP contribution >= 0.6 is 0 Å². The van der Waals surface area contributed by atoms with E-state index in [4.69, 9.17) is 17.2 Å². The number of fused-ring (bicyclic) bond motifs is 1. The number of nitrogens with two attached hydrogens (primary N) is 3. The Morgan fingerprint density at radius 1 is 1.33 bits per heavy atom. The van der Waals surface area contributed by atoms with Crippen molar-refractivity contribution in [2.45, 2.75) is 6.54 Å². The topological polar surface area (TPSA) is 95.9 Å². The van der Waals surface area contributed by atoms with Gasteiger partial charge in [0.05, 0.1) is 12.1 Å². The molecule has 1 heterocycles. The number of aromatic nitrogens is 2. The van der Waals surface area contributed by atoms with E-state index in [1.54, 1.807) is 4.68 Å². The van der Waals surface area contributed by atoms with Crippen molar-refractivity contribution in [3.8, 4) is 0 Å². The molecule has 0 aliphatic rings. The molecule has 0 amide bonds. The molecule has 15 heavy (non-hydrogen) atoms. The highest BCUT2D eigenvalue weighted by atomic mass is 15.3. The molecule has 1 aromatic carbocycles. The monoisotopic (exact) mass is 203 g/mol. The zero-order valence-electron chi connectivity index (χ0n) is 8.22. The second-order valence-electron chi connectivity index (χ2n) is 3.27. The first kappa shape index (κ1) is 9.39. The third kappa shape index (κ3) is 1.59. The third-order valence-corrected chi connectivity index (χ3v) is 2.22. The molecular weight excluding hydrogens is 190 g/mol. The van der Waals surface area contributed by atoms with Gasteiger partial charge in [-0.05, 0) is 30.5 Å². The van der Waals surface area contributed by atoms with Gasteiger partial charge >= 0.3 is 0 Å². The molecule has 0 bridgehead atoms. The second kappa shape index (κ2) is 3.53. The van der Waals surface area contributed by atoms with Gasteiger partial charge in [0.1, 0.15) is 0 Å². The Labute approximate surface area is 87.1 Å². The molecule has 5 heteroatoms. The number of rotatable bonds is 2. The van der Waals surface area contributed by atoms with Crippen molar-refractivity contribution < 1.29 is 0 Å². The van der Waals surface area contributed by atoms with Gasteiger partial charge in [0.2, 0.25) is 0 Å². The Balaban J connectivity index is 2.57. The van der Waals surface area contributed by atoms with Crippen molar-refractivity contribution in [3.63, 3.8) is 0 Å². The van der Waals surface area contributed by atoms with Crippen molar-refractivity contribution >= 4 is 22.4 Å². The van der Waals surface area contributed by atoms with Gasteiger partial charge in [0.15, 0.2) is 5.82 Å². The van der Waals surface area contributed by atoms with E-state index in [0.717, 1.165) is 10.9 Å². The SMILES string of the molecule is NC=CCn1nc(N)c2cc(N)ccc21. The van der Waals surface area contributed by atoms with Gasteiger partial charge < -0.3 is 17.2 Å². The summed E-state index contributed by atoms with van der Waals surface area (Å²) in [4.78, 5) is 0. The zero-order chi connectivity index (χ0) is 10.8. The summed E-state index contributed by atoms with van der Waals surface area (Å²) in [5.74, 6) is 0.489. The molecule has 0 spiro atoms. The van der Waals surface area contributed by atoms with Gasteiger partial charge in [-0.3, -0.25) is 4.68 Å². The quantitative estimate of drug-likeness (QED) is 0.625. The maximum absolute atomic E-state index is 5.77. The molecule has 0 aliphatic heterocycles. The van der Waals surface area contributed by atoms with E-state index < -0.39 is 0 Å². The highest BCUT2D eigenvalue weighted by Crippen LogP contribution is 2.22. The van der Waals surface area contributed by atoms with Crippen LogP contribution in [0.25, 0.3) is 10.9 Å². The van der Waals surface area contributed by atoms with E-state index in [2.05, 4.69) is 5.10 Å². The van der Waals surface area contributed by atoms with Gasteiger partial charge in [0.25, 0.3) is 0 Å². The summed E-state index contributed by atoms with van der Waals surface area (Å²) < 4.78 is 1.79. The molecule has 2 aromatic rings. The fourth-order valence-corrected chi connectivity index (χ4v) is 1.52. The zero-order valence-corrected chi connectivity index (χ0v) is 8.22. The van der Waals surface area contributed by atoms with Crippen LogP contribution in [0.2, 0.25) is 0 Å². The summed E-state index contributed by atoms with van der Waals surface area (Å²) in [6.07, 6.45) is 3.29. The van der Waals surface area contributed by atoms with Crippen LogP contribution in [0.3, 0.4) is 0 Å². The average molecular weight is 203 g/mol. The van der Waals surface area contributed by atoms with Crippen LogP contribution in [0, 0.1) is 0 Å². The van der Waals surface area contributed by atoms with Crippen molar-refractivity contribution in [2.75, 3.05) is 11.5 Å². The number of benzene rings is 1. The van der Waals surface area contributed by atoms with E-state index in [-0.39, 0.29) is 0 Å². The largest absolute Gasteiger partial charge is 0.405 e. The van der Waals surface area contributed by atoms with Gasteiger partial charge in [-0.15, -0.1) is 0 Å². The lowest BCUT2D eigenvalue weighted by molar-refractivity contribution is 0.731. The van der Waals surface area contributed by atoms with E-state index in [0.29, 0.717) is 18.1 Å². The van der Waals surface area contributed by atoms with Crippen molar-refractivity contribution in [1.29, 1.82) is 0 Å². The van der Waals surface area contributed by atoms with Crippen LogP contribution in [-0.4, -0.2) is 9.78 Å². The summed E-state index contributed by atoms with van der Waals surface area (Å²) in [7, 11) is 0. The highest BCUT2D eigenvalue weighted by molar-refractivity contribution is 5.91. The predicted molar refractivity (Wildman–Crippen MR) is 61.9 cm³/mol. The summed E-state index contributed by atoms with van der Waals surface area (Å²) >= 11 is 0. The van der Waals surface area contributed by atoms with Crippen LogP contribution in [-0.2, 0) is 6.54 Å². The Bertz CT molecular complexity index is 512. The first-order valence-electron chi connectivity index (χ1n) is 4.60. The van der Waals surface area contributed by atoms with Crippen molar-refractivity contribution in [3.05, 3.63) is 30.5 Å². The molecule has 0 unspecified atom stereocenters. The van der Waals surface area contributed by atoms with Gasteiger partial charge in [-0.2, -0.15) is 5.10 Å².